The minimum absolute atomic E-state index is 0.00275. The summed E-state index contributed by atoms with van der Waals surface area (Å²) >= 11 is 0. The highest BCUT2D eigenvalue weighted by molar-refractivity contribution is 5.84. The summed E-state index contributed by atoms with van der Waals surface area (Å²) in [6, 6.07) is 17.8. The molecule has 2 aliphatic rings. The highest BCUT2D eigenvalue weighted by atomic mass is 16.5. The van der Waals surface area contributed by atoms with Crippen LogP contribution in [0.5, 0.6) is 5.75 Å². The lowest BCUT2D eigenvalue weighted by atomic mass is 9.88. The van der Waals surface area contributed by atoms with E-state index >= 15 is 0 Å². The van der Waals surface area contributed by atoms with E-state index in [-0.39, 0.29) is 29.6 Å². The number of ether oxygens (including phenoxy) is 1. The van der Waals surface area contributed by atoms with E-state index in [1.54, 1.807) is 7.11 Å². The zero-order chi connectivity index (χ0) is 20.9. The van der Waals surface area contributed by atoms with E-state index < -0.39 is 0 Å². The lowest BCUT2D eigenvalue weighted by molar-refractivity contribution is -0.134. The summed E-state index contributed by atoms with van der Waals surface area (Å²) in [7, 11) is 1.65. The molecule has 158 valence electrons. The van der Waals surface area contributed by atoms with Gasteiger partial charge in [-0.05, 0) is 36.1 Å². The predicted molar refractivity (Wildman–Crippen MR) is 116 cm³/mol. The van der Waals surface area contributed by atoms with Crippen LogP contribution in [0, 0.1) is 11.8 Å². The van der Waals surface area contributed by atoms with Crippen molar-refractivity contribution in [3.63, 3.8) is 0 Å². The number of carbonyl (C=O) groups is 2. The van der Waals surface area contributed by atoms with Crippen molar-refractivity contribution in [2.24, 2.45) is 11.8 Å². The molecule has 1 saturated heterocycles. The van der Waals surface area contributed by atoms with Gasteiger partial charge in [-0.3, -0.25) is 9.59 Å². The fraction of sp³-hybridized carbons (Fsp3) is 0.440. The Bertz CT molecular complexity index is 860. The molecule has 2 aromatic carbocycles. The predicted octanol–water partition coefficient (Wildman–Crippen LogP) is 3.74. The Hall–Kier alpha value is -2.82. The first-order valence-corrected chi connectivity index (χ1v) is 10.9. The van der Waals surface area contributed by atoms with Crippen LogP contribution in [0.3, 0.4) is 0 Å². The molecular weight excluding hydrogens is 376 g/mol. The Balaban J connectivity index is 1.50. The summed E-state index contributed by atoms with van der Waals surface area (Å²) in [5.74, 6) is 0.920. The van der Waals surface area contributed by atoms with Gasteiger partial charge in [0.05, 0.1) is 13.0 Å². The van der Waals surface area contributed by atoms with E-state index in [1.807, 2.05) is 59.5 Å². The van der Waals surface area contributed by atoms with Crippen molar-refractivity contribution in [2.45, 2.75) is 38.1 Å². The zero-order valence-electron chi connectivity index (χ0n) is 17.5. The van der Waals surface area contributed by atoms with Crippen molar-refractivity contribution in [3.8, 4) is 5.75 Å². The molecule has 2 aromatic rings. The maximum absolute atomic E-state index is 13.1. The van der Waals surface area contributed by atoms with Crippen LogP contribution in [0.1, 0.15) is 42.7 Å². The first-order chi connectivity index (χ1) is 14.7. The first kappa shape index (κ1) is 20.5. The molecule has 0 spiro atoms. The van der Waals surface area contributed by atoms with Crippen LogP contribution >= 0.6 is 0 Å². The average Bonchev–Trinajstić information content (AvgIpc) is 3.48. The monoisotopic (exact) mass is 406 g/mol. The average molecular weight is 407 g/mol. The van der Waals surface area contributed by atoms with Crippen molar-refractivity contribution in [3.05, 3.63) is 65.7 Å². The largest absolute Gasteiger partial charge is 0.497 e. The van der Waals surface area contributed by atoms with Crippen molar-refractivity contribution in [2.75, 3.05) is 20.2 Å². The molecule has 30 heavy (non-hydrogen) atoms. The summed E-state index contributed by atoms with van der Waals surface area (Å²) in [6.07, 6.45) is 4.22. The standard InChI is InChI=1S/C25H30N2O3/c1-30-21-13-11-19(12-14-21)22-16-27(25(29)20-9-5-6-10-20)17-23(22)24(28)26-15-18-7-3-2-4-8-18/h2-4,7-8,11-14,20,22-23H,5-6,9-10,15-17H2,1H3,(H,26,28)/t22-,23-/m1/s1. The Morgan fingerprint density at radius 1 is 1.00 bits per heavy atom. The van der Waals surface area contributed by atoms with Crippen molar-refractivity contribution < 1.29 is 14.3 Å². The Morgan fingerprint density at radius 3 is 2.37 bits per heavy atom. The number of carbonyl (C=O) groups excluding carboxylic acids is 2. The topological polar surface area (TPSA) is 58.6 Å². The molecule has 4 rings (SSSR count). The van der Waals surface area contributed by atoms with Crippen molar-refractivity contribution in [1.29, 1.82) is 0 Å². The number of likely N-dealkylation sites (tertiary alicyclic amines) is 1. The van der Waals surface area contributed by atoms with Crippen LogP contribution in [-0.2, 0) is 16.1 Å². The van der Waals surface area contributed by atoms with Crippen molar-refractivity contribution in [1.82, 2.24) is 10.2 Å². The minimum Gasteiger partial charge on any atom is -0.497 e. The SMILES string of the molecule is COc1ccc([C@H]2CN(C(=O)C3CCCC3)C[C@H]2C(=O)NCc2ccccc2)cc1. The van der Waals surface area contributed by atoms with E-state index in [1.165, 1.54) is 0 Å². The van der Waals surface area contributed by atoms with Crippen LogP contribution in [0.4, 0.5) is 0 Å². The fourth-order valence-corrected chi connectivity index (χ4v) is 4.79. The Morgan fingerprint density at radius 2 is 1.70 bits per heavy atom. The van der Waals surface area contributed by atoms with Gasteiger partial charge in [0.1, 0.15) is 5.75 Å². The van der Waals surface area contributed by atoms with E-state index in [0.29, 0.717) is 19.6 Å². The second-order valence-electron chi connectivity index (χ2n) is 8.41. The van der Waals surface area contributed by atoms with E-state index in [0.717, 1.165) is 42.6 Å². The molecule has 5 nitrogen and oxygen atoms in total. The van der Waals surface area contributed by atoms with E-state index in [9.17, 15) is 9.59 Å². The molecule has 2 atom stereocenters. The number of benzene rings is 2. The number of amides is 2. The van der Waals surface area contributed by atoms with Gasteiger partial charge in [-0.1, -0.05) is 55.3 Å². The summed E-state index contributed by atoms with van der Waals surface area (Å²) in [4.78, 5) is 28.1. The highest BCUT2D eigenvalue weighted by Crippen LogP contribution is 2.36. The van der Waals surface area contributed by atoms with E-state index in [4.69, 9.17) is 4.74 Å². The number of hydrogen-bond acceptors (Lipinski definition) is 3. The Kier molecular flexibility index (Phi) is 6.36. The number of nitrogens with one attached hydrogen (secondary N) is 1. The maximum Gasteiger partial charge on any atom is 0.225 e. The third-order valence-electron chi connectivity index (χ3n) is 6.53. The van der Waals surface area contributed by atoms with Gasteiger partial charge < -0.3 is 15.0 Å². The third kappa shape index (κ3) is 4.50. The van der Waals surface area contributed by atoms with Gasteiger partial charge in [0.25, 0.3) is 0 Å². The molecule has 1 heterocycles. The molecular formula is C25H30N2O3. The number of rotatable bonds is 6. The van der Waals surface area contributed by atoms with Gasteiger partial charge in [0, 0.05) is 31.5 Å². The molecule has 0 aromatic heterocycles. The minimum atomic E-state index is -0.243. The summed E-state index contributed by atoms with van der Waals surface area (Å²) in [5.41, 5.74) is 2.15. The molecule has 2 fully saturated rings. The molecule has 0 radical (unpaired) electrons. The van der Waals surface area contributed by atoms with Crippen molar-refractivity contribution >= 4 is 11.8 Å². The van der Waals surface area contributed by atoms with Crippen LogP contribution in [-0.4, -0.2) is 36.9 Å². The molecule has 5 heteroatoms. The fourth-order valence-electron chi connectivity index (χ4n) is 4.79. The van der Waals surface area contributed by atoms with Crippen LogP contribution in [0.15, 0.2) is 54.6 Å². The van der Waals surface area contributed by atoms with Gasteiger partial charge in [-0.2, -0.15) is 0 Å². The molecule has 1 saturated carbocycles. The second-order valence-corrected chi connectivity index (χ2v) is 8.41. The number of methoxy groups -OCH3 is 1. The summed E-state index contributed by atoms with van der Waals surface area (Å²) < 4.78 is 5.28. The number of nitrogens with zero attached hydrogens (tertiary/aromatic N) is 1. The molecule has 0 bridgehead atoms. The van der Waals surface area contributed by atoms with Gasteiger partial charge >= 0.3 is 0 Å². The maximum atomic E-state index is 13.1. The summed E-state index contributed by atoms with van der Waals surface area (Å²) in [6.45, 7) is 1.60. The lowest BCUT2D eigenvalue weighted by Gasteiger charge is -2.20. The molecule has 2 amide bonds. The molecule has 1 aliphatic heterocycles. The first-order valence-electron chi connectivity index (χ1n) is 10.9. The van der Waals surface area contributed by atoms with Crippen LogP contribution in [0.2, 0.25) is 0 Å². The van der Waals surface area contributed by atoms with Gasteiger partial charge in [0.2, 0.25) is 11.8 Å². The molecule has 1 aliphatic carbocycles. The highest BCUT2D eigenvalue weighted by Gasteiger charge is 2.42. The normalized spacial score (nSPS) is 21.6. The summed E-state index contributed by atoms with van der Waals surface area (Å²) in [5, 5.41) is 3.09. The van der Waals surface area contributed by atoms with Crippen LogP contribution < -0.4 is 10.1 Å². The smallest absolute Gasteiger partial charge is 0.225 e. The zero-order valence-corrected chi connectivity index (χ0v) is 17.5. The van der Waals surface area contributed by atoms with E-state index in [2.05, 4.69) is 5.32 Å². The quantitative estimate of drug-likeness (QED) is 0.795. The Labute approximate surface area is 178 Å². The van der Waals surface area contributed by atoms with Gasteiger partial charge in [0.15, 0.2) is 0 Å². The molecule has 0 unspecified atom stereocenters. The van der Waals surface area contributed by atoms with Crippen LogP contribution in [0.25, 0.3) is 0 Å². The number of hydrogen-bond donors (Lipinski definition) is 1. The van der Waals surface area contributed by atoms with Gasteiger partial charge in [-0.15, -0.1) is 0 Å². The third-order valence-corrected chi connectivity index (χ3v) is 6.53. The second kappa shape index (κ2) is 9.33. The molecule has 1 N–H and O–H groups in total. The van der Waals surface area contributed by atoms with Gasteiger partial charge in [-0.25, -0.2) is 0 Å². The lowest BCUT2D eigenvalue weighted by Crippen LogP contribution is -2.36.